The fraction of sp³-hybridized carbons (Fsp3) is 0.944. The molecule has 0 aromatic rings. The second-order valence-corrected chi connectivity index (χ2v) is 8.72. The van der Waals surface area contributed by atoms with Gasteiger partial charge in [-0.05, 0) is 69.1 Å². The van der Waals surface area contributed by atoms with E-state index in [1.165, 1.54) is 32.1 Å². The number of carbonyl (C=O) groups excluding carboxylic acids is 1. The lowest BCUT2D eigenvalue weighted by atomic mass is 9.53. The zero-order valence-electron chi connectivity index (χ0n) is 13.5. The molecular formula is C18H25O5-. The molecule has 128 valence electrons. The van der Waals surface area contributed by atoms with Gasteiger partial charge in [0.25, 0.3) is 0 Å². The first-order valence-corrected chi connectivity index (χ1v) is 9.34. The second kappa shape index (κ2) is 4.93. The van der Waals surface area contributed by atoms with Gasteiger partial charge in [0.15, 0.2) is 0 Å². The van der Waals surface area contributed by atoms with Gasteiger partial charge in [0.1, 0.15) is 0 Å². The highest BCUT2D eigenvalue weighted by Crippen LogP contribution is 2.63. The summed E-state index contributed by atoms with van der Waals surface area (Å²) in [5.41, 5.74) is 0. The molecule has 2 spiro atoms. The van der Waals surface area contributed by atoms with Crippen molar-refractivity contribution >= 4 is 5.97 Å². The third-order valence-corrected chi connectivity index (χ3v) is 7.27. The van der Waals surface area contributed by atoms with Crippen molar-refractivity contribution in [2.75, 3.05) is 0 Å². The number of rotatable bonds is 2. The lowest BCUT2D eigenvalue weighted by Crippen LogP contribution is -2.59. The monoisotopic (exact) mass is 321 g/mol. The minimum Gasteiger partial charge on any atom is -0.550 e. The van der Waals surface area contributed by atoms with Gasteiger partial charge in [-0.3, -0.25) is 0 Å². The first-order valence-electron chi connectivity index (χ1n) is 9.34. The van der Waals surface area contributed by atoms with Crippen molar-refractivity contribution in [3.63, 3.8) is 0 Å². The van der Waals surface area contributed by atoms with E-state index in [-0.39, 0.29) is 12.3 Å². The molecule has 4 bridgehead atoms. The Labute approximate surface area is 136 Å². The highest BCUT2D eigenvalue weighted by molar-refractivity contribution is 5.64. The summed E-state index contributed by atoms with van der Waals surface area (Å²) in [5, 5.41) is 10.8. The predicted molar refractivity (Wildman–Crippen MR) is 77.3 cm³/mol. The Morgan fingerprint density at radius 3 is 2.13 bits per heavy atom. The molecule has 5 aliphatic carbocycles. The van der Waals surface area contributed by atoms with Crippen LogP contribution in [-0.2, 0) is 19.3 Å². The summed E-state index contributed by atoms with van der Waals surface area (Å²) in [6.45, 7) is 0. The smallest absolute Gasteiger partial charge is 0.210 e. The van der Waals surface area contributed by atoms with Gasteiger partial charge in [0.2, 0.25) is 11.6 Å². The minimum absolute atomic E-state index is 0.149. The van der Waals surface area contributed by atoms with Crippen LogP contribution in [0.1, 0.15) is 64.2 Å². The predicted octanol–water partition coefficient (Wildman–Crippen LogP) is 2.14. The van der Waals surface area contributed by atoms with E-state index in [2.05, 4.69) is 0 Å². The summed E-state index contributed by atoms with van der Waals surface area (Å²) in [4.78, 5) is 22.6. The van der Waals surface area contributed by atoms with Crippen LogP contribution >= 0.6 is 0 Å². The quantitative estimate of drug-likeness (QED) is 0.729. The number of carboxylic acids is 1. The average Bonchev–Trinajstić information content (AvgIpc) is 2.87. The molecule has 6 aliphatic rings. The Balaban J connectivity index is 1.31. The molecule has 5 heteroatoms. The molecule has 0 aromatic carbocycles. The standard InChI is InChI=1S/C18H26O5/c19-16(20)10-11-1-3-17(4-2-11)21-18(23-22-17)14-6-12-5-13(8-14)9-15(18)7-12/h11-15H,1-10H2,(H,19,20)/p-1. The molecule has 0 unspecified atom stereocenters. The molecule has 0 amide bonds. The maximum atomic E-state index is 10.8. The number of carbonyl (C=O) groups is 1. The third kappa shape index (κ3) is 2.19. The summed E-state index contributed by atoms with van der Waals surface area (Å²) < 4.78 is 6.60. The van der Waals surface area contributed by atoms with Crippen LogP contribution in [0.3, 0.4) is 0 Å². The lowest BCUT2D eigenvalue weighted by Gasteiger charge is -2.57. The average molecular weight is 321 g/mol. The van der Waals surface area contributed by atoms with E-state index in [4.69, 9.17) is 14.5 Å². The van der Waals surface area contributed by atoms with Crippen molar-refractivity contribution in [3.8, 4) is 0 Å². The fourth-order valence-corrected chi connectivity index (χ4v) is 6.35. The van der Waals surface area contributed by atoms with E-state index < -0.39 is 17.5 Å². The molecule has 0 N–H and O–H groups in total. The zero-order chi connectivity index (χ0) is 15.7. The van der Waals surface area contributed by atoms with Gasteiger partial charge in [-0.25, -0.2) is 0 Å². The van der Waals surface area contributed by atoms with Gasteiger partial charge in [-0.1, -0.05) is 0 Å². The van der Waals surface area contributed by atoms with Crippen molar-refractivity contribution in [1.29, 1.82) is 0 Å². The van der Waals surface area contributed by atoms with E-state index in [1.807, 2.05) is 0 Å². The van der Waals surface area contributed by atoms with Crippen LogP contribution in [0.4, 0.5) is 0 Å². The normalized spacial score (nSPS) is 54.2. The lowest BCUT2D eigenvalue weighted by molar-refractivity contribution is -0.390. The van der Waals surface area contributed by atoms with Crippen molar-refractivity contribution in [3.05, 3.63) is 0 Å². The molecular weight excluding hydrogens is 296 g/mol. The molecule has 5 nitrogen and oxygen atoms in total. The maximum Gasteiger partial charge on any atom is 0.210 e. The first-order chi connectivity index (χ1) is 11.1. The number of carboxylic acid groups (broad SMARTS) is 1. The van der Waals surface area contributed by atoms with Crippen molar-refractivity contribution in [2.45, 2.75) is 75.8 Å². The molecule has 5 saturated carbocycles. The molecule has 6 rings (SSSR count). The molecule has 23 heavy (non-hydrogen) atoms. The van der Waals surface area contributed by atoms with Crippen LogP contribution in [0.25, 0.3) is 0 Å². The van der Waals surface area contributed by atoms with Crippen molar-refractivity contribution < 1.29 is 24.4 Å². The number of hydrogen-bond acceptors (Lipinski definition) is 5. The van der Waals surface area contributed by atoms with Crippen molar-refractivity contribution in [2.24, 2.45) is 29.6 Å². The Bertz CT molecular complexity index is 480. The van der Waals surface area contributed by atoms with E-state index in [0.717, 1.165) is 37.5 Å². The zero-order valence-corrected chi connectivity index (χ0v) is 13.5. The number of ether oxygens (including phenoxy) is 1. The molecule has 0 aromatic heterocycles. The first kappa shape index (κ1) is 14.7. The SMILES string of the molecule is O=C([O-])CC1CCC2(CC1)OOC1(O2)C2CC3CC(C2)CC1C3. The van der Waals surface area contributed by atoms with Gasteiger partial charge in [-0.15, -0.1) is 0 Å². The van der Waals surface area contributed by atoms with Crippen LogP contribution in [0.15, 0.2) is 0 Å². The van der Waals surface area contributed by atoms with Gasteiger partial charge in [-0.2, -0.15) is 9.78 Å². The van der Waals surface area contributed by atoms with E-state index in [1.54, 1.807) is 0 Å². The summed E-state index contributed by atoms with van der Waals surface area (Å²) in [6, 6.07) is 0. The van der Waals surface area contributed by atoms with Gasteiger partial charge < -0.3 is 14.6 Å². The summed E-state index contributed by atoms with van der Waals surface area (Å²) >= 11 is 0. The fourth-order valence-electron chi connectivity index (χ4n) is 6.35. The third-order valence-electron chi connectivity index (χ3n) is 7.27. The van der Waals surface area contributed by atoms with Crippen LogP contribution in [0.2, 0.25) is 0 Å². The molecule has 1 saturated heterocycles. The van der Waals surface area contributed by atoms with Crippen LogP contribution in [0.5, 0.6) is 0 Å². The van der Waals surface area contributed by atoms with E-state index in [9.17, 15) is 9.90 Å². The highest BCUT2D eigenvalue weighted by atomic mass is 17.3. The highest BCUT2D eigenvalue weighted by Gasteiger charge is 2.66. The van der Waals surface area contributed by atoms with Crippen LogP contribution in [0, 0.1) is 29.6 Å². The van der Waals surface area contributed by atoms with Crippen LogP contribution in [-0.4, -0.2) is 17.5 Å². The molecule has 0 atom stereocenters. The van der Waals surface area contributed by atoms with Crippen LogP contribution < -0.4 is 5.11 Å². The molecule has 1 heterocycles. The van der Waals surface area contributed by atoms with Crippen molar-refractivity contribution in [1.82, 2.24) is 0 Å². The van der Waals surface area contributed by atoms with Gasteiger partial charge >= 0.3 is 0 Å². The Hall–Kier alpha value is -0.650. The van der Waals surface area contributed by atoms with Gasteiger partial charge in [0.05, 0.1) is 0 Å². The largest absolute Gasteiger partial charge is 0.550 e. The Kier molecular flexibility index (Phi) is 3.14. The van der Waals surface area contributed by atoms with E-state index in [0.29, 0.717) is 11.8 Å². The topological polar surface area (TPSA) is 67.8 Å². The second-order valence-electron chi connectivity index (χ2n) is 8.72. The van der Waals surface area contributed by atoms with Gasteiger partial charge in [0, 0.05) is 30.6 Å². The Morgan fingerprint density at radius 2 is 1.57 bits per heavy atom. The molecule has 6 fully saturated rings. The summed E-state index contributed by atoms with van der Waals surface area (Å²) in [6.07, 6.45) is 9.54. The minimum atomic E-state index is -0.951. The molecule has 1 aliphatic heterocycles. The summed E-state index contributed by atoms with van der Waals surface area (Å²) in [7, 11) is 0. The number of hydrogen-bond donors (Lipinski definition) is 0. The Morgan fingerprint density at radius 1 is 0.957 bits per heavy atom. The summed E-state index contributed by atoms with van der Waals surface area (Å²) in [5.74, 6) is 0.808. The maximum absolute atomic E-state index is 10.8. The molecule has 0 radical (unpaired) electrons. The van der Waals surface area contributed by atoms with E-state index >= 15 is 0 Å². The number of aliphatic carboxylic acids is 1.